The van der Waals surface area contributed by atoms with Crippen LogP contribution in [-0.2, 0) is 20.0 Å². The maximum Gasteiger partial charge on any atom is 0.278 e. The lowest BCUT2D eigenvalue weighted by Crippen LogP contribution is -2.22. The molecule has 3 aromatic heterocycles. The Morgan fingerprint density at radius 1 is 1.32 bits per heavy atom. The molecule has 3 rings (SSSR count). The van der Waals surface area contributed by atoms with Crippen LogP contribution in [0.15, 0.2) is 34.0 Å². The van der Waals surface area contributed by atoms with Crippen LogP contribution in [0.3, 0.4) is 0 Å². The first kappa shape index (κ1) is 14.2. The maximum atomic E-state index is 11.7. The molecule has 0 aliphatic carbocycles. The van der Waals surface area contributed by atoms with E-state index in [2.05, 4.69) is 20.2 Å². The van der Waals surface area contributed by atoms with Gasteiger partial charge in [0, 0.05) is 31.5 Å². The average Bonchev–Trinajstić information content (AvgIpc) is 3.12. The summed E-state index contributed by atoms with van der Waals surface area (Å²) in [6.45, 7) is 2.54. The zero-order chi connectivity index (χ0) is 15.5. The van der Waals surface area contributed by atoms with Crippen molar-refractivity contribution in [1.29, 1.82) is 0 Å². The number of hydrogen-bond donors (Lipinski definition) is 0. The summed E-state index contributed by atoms with van der Waals surface area (Å²) in [6, 6.07) is 3.05. The summed E-state index contributed by atoms with van der Waals surface area (Å²) in [5.41, 5.74) is 1.34. The van der Waals surface area contributed by atoms with Gasteiger partial charge in [0.1, 0.15) is 5.69 Å². The van der Waals surface area contributed by atoms with Crippen molar-refractivity contribution < 1.29 is 4.52 Å². The molecule has 0 saturated carbocycles. The number of rotatable bonds is 5. The van der Waals surface area contributed by atoms with Crippen molar-refractivity contribution >= 4 is 0 Å². The van der Waals surface area contributed by atoms with Crippen molar-refractivity contribution in [3.8, 4) is 11.6 Å². The van der Waals surface area contributed by atoms with Crippen molar-refractivity contribution in [2.75, 3.05) is 0 Å². The summed E-state index contributed by atoms with van der Waals surface area (Å²) in [5, 5.41) is 8.20. The van der Waals surface area contributed by atoms with E-state index in [1.807, 2.05) is 18.5 Å². The highest BCUT2D eigenvalue weighted by molar-refractivity contribution is 5.44. The Kier molecular flexibility index (Phi) is 3.82. The van der Waals surface area contributed by atoms with Crippen LogP contribution < -0.4 is 5.56 Å². The smallest absolute Gasteiger partial charge is 0.278 e. The fourth-order valence-corrected chi connectivity index (χ4v) is 2.08. The molecule has 0 N–H and O–H groups in total. The SMILES string of the molecule is CCCn1nc(-c2nc(Cc3cncn3C)no2)ccc1=O. The van der Waals surface area contributed by atoms with Crippen molar-refractivity contribution in [2.45, 2.75) is 26.3 Å². The van der Waals surface area contributed by atoms with Gasteiger partial charge in [0.05, 0.1) is 12.7 Å². The van der Waals surface area contributed by atoms with E-state index in [4.69, 9.17) is 4.52 Å². The molecule has 8 heteroatoms. The van der Waals surface area contributed by atoms with Crippen LogP contribution in [0.4, 0.5) is 0 Å². The largest absolute Gasteiger partial charge is 0.337 e. The van der Waals surface area contributed by atoms with Crippen LogP contribution in [0.5, 0.6) is 0 Å². The molecular weight excluding hydrogens is 284 g/mol. The highest BCUT2D eigenvalue weighted by Crippen LogP contribution is 2.14. The summed E-state index contributed by atoms with van der Waals surface area (Å²) < 4.78 is 8.55. The van der Waals surface area contributed by atoms with E-state index in [1.54, 1.807) is 18.6 Å². The van der Waals surface area contributed by atoms with Crippen molar-refractivity contribution in [2.24, 2.45) is 7.05 Å². The molecule has 0 radical (unpaired) electrons. The van der Waals surface area contributed by atoms with Gasteiger partial charge in [-0.1, -0.05) is 12.1 Å². The van der Waals surface area contributed by atoms with Gasteiger partial charge in [-0.25, -0.2) is 9.67 Å². The molecule has 0 amide bonds. The molecule has 0 bridgehead atoms. The van der Waals surface area contributed by atoms with E-state index >= 15 is 0 Å². The second kappa shape index (κ2) is 5.92. The first-order chi connectivity index (χ1) is 10.7. The van der Waals surface area contributed by atoms with Gasteiger partial charge in [0.25, 0.3) is 11.4 Å². The Morgan fingerprint density at radius 3 is 2.91 bits per heavy atom. The lowest BCUT2D eigenvalue weighted by atomic mass is 10.3. The Balaban J connectivity index is 1.86. The molecule has 114 valence electrons. The first-order valence-electron chi connectivity index (χ1n) is 7.03. The Bertz CT molecular complexity index is 832. The van der Waals surface area contributed by atoms with Crippen LogP contribution in [0.1, 0.15) is 24.9 Å². The minimum absolute atomic E-state index is 0.139. The molecule has 0 atom stereocenters. The third-order valence-electron chi connectivity index (χ3n) is 3.24. The molecule has 0 saturated heterocycles. The number of imidazole rings is 1. The van der Waals surface area contributed by atoms with Crippen LogP contribution in [0, 0.1) is 0 Å². The minimum Gasteiger partial charge on any atom is -0.337 e. The van der Waals surface area contributed by atoms with E-state index in [1.165, 1.54) is 10.7 Å². The van der Waals surface area contributed by atoms with E-state index in [-0.39, 0.29) is 5.56 Å². The van der Waals surface area contributed by atoms with Gasteiger partial charge in [0.2, 0.25) is 0 Å². The number of aromatic nitrogens is 6. The molecule has 3 heterocycles. The first-order valence-corrected chi connectivity index (χ1v) is 7.03. The van der Waals surface area contributed by atoms with E-state index < -0.39 is 0 Å². The molecule has 22 heavy (non-hydrogen) atoms. The Morgan fingerprint density at radius 2 is 2.18 bits per heavy atom. The van der Waals surface area contributed by atoms with Crippen molar-refractivity contribution in [1.82, 2.24) is 29.5 Å². The molecule has 3 aromatic rings. The quantitative estimate of drug-likeness (QED) is 0.699. The van der Waals surface area contributed by atoms with E-state index in [0.29, 0.717) is 30.4 Å². The van der Waals surface area contributed by atoms with Gasteiger partial charge in [0.15, 0.2) is 5.82 Å². The fourth-order valence-electron chi connectivity index (χ4n) is 2.08. The van der Waals surface area contributed by atoms with Crippen LogP contribution in [0.25, 0.3) is 11.6 Å². The van der Waals surface area contributed by atoms with E-state index in [9.17, 15) is 4.79 Å². The number of hydrogen-bond acceptors (Lipinski definition) is 6. The molecule has 0 aromatic carbocycles. The molecule has 0 spiro atoms. The van der Waals surface area contributed by atoms with Crippen LogP contribution >= 0.6 is 0 Å². The summed E-state index contributed by atoms with van der Waals surface area (Å²) >= 11 is 0. The van der Waals surface area contributed by atoms with Gasteiger partial charge in [-0.15, -0.1) is 0 Å². The third kappa shape index (κ3) is 2.80. The van der Waals surface area contributed by atoms with Gasteiger partial charge in [-0.3, -0.25) is 4.79 Å². The maximum absolute atomic E-state index is 11.7. The monoisotopic (exact) mass is 300 g/mol. The zero-order valence-electron chi connectivity index (χ0n) is 12.4. The Labute approximate surface area is 126 Å². The topological polar surface area (TPSA) is 91.6 Å². The van der Waals surface area contributed by atoms with Gasteiger partial charge in [-0.05, 0) is 12.5 Å². The van der Waals surface area contributed by atoms with Gasteiger partial charge in [-0.2, -0.15) is 10.1 Å². The van der Waals surface area contributed by atoms with Crippen LogP contribution in [-0.4, -0.2) is 29.5 Å². The minimum atomic E-state index is -0.139. The second-order valence-corrected chi connectivity index (χ2v) is 4.97. The lowest BCUT2D eigenvalue weighted by molar-refractivity contribution is 0.420. The lowest BCUT2D eigenvalue weighted by Gasteiger charge is -2.02. The molecule has 0 unspecified atom stereocenters. The predicted molar refractivity (Wildman–Crippen MR) is 78.1 cm³/mol. The Hall–Kier alpha value is -2.77. The molecule has 8 nitrogen and oxygen atoms in total. The van der Waals surface area contributed by atoms with Gasteiger partial charge < -0.3 is 9.09 Å². The zero-order valence-corrected chi connectivity index (χ0v) is 12.4. The van der Waals surface area contributed by atoms with Crippen LogP contribution in [0.2, 0.25) is 0 Å². The molecular formula is C14H16N6O2. The summed E-state index contributed by atoms with van der Waals surface area (Å²) in [7, 11) is 1.91. The molecule has 0 aliphatic heterocycles. The fraction of sp³-hybridized carbons (Fsp3) is 0.357. The number of nitrogens with zero attached hydrogens (tertiary/aromatic N) is 6. The highest BCUT2D eigenvalue weighted by Gasteiger charge is 2.13. The predicted octanol–water partition coefficient (Wildman–Crippen LogP) is 1.03. The second-order valence-electron chi connectivity index (χ2n) is 4.97. The summed E-state index contributed by atoms with van der Waals surface area (Å²) in [6.07, 6.45) is 4.83. The average molecular weight is 300 g/mol. The van der Waals surface area contributed by atoms with Gasteiger partial charge >= 0.3 is 0 Å². The normalized spacial score (nSPS) is 11.0. The highest BCUT2D eigenvalue weighted by atomic mass is 16.5. The third-order valence-corrected chi connectivity index (χ3v) is 3.24. The van der Waals surface area contributed by atoms with Crippen molar-refractivity contribution in [3.63, 3.8) is 0 Å². The molecule has 0 aliphatic rings. The summed E-state index contributed by atoms with van der Waals surface area (Å²) in [4.78, 5) is 20.1. The molecule has 0 fully saturated rings. The van der Waals surface area contributed by atoms with Crippen molar-refractivity contribution in [3.05, 3.63) is 46.5 Å². The van der Waals surface area contributed by atoms with E-state index in [0.717, 1.165) is 12.1 Å². The number of aryl methyl sites for hydroxylation is 2. The summed E-state index contributed by atoms with van der Waals surface area (Å²) in [5.74, 6) is 0.857. The standard InChI is InChI=1S/C14H16N6O2/c1-3-6-20-13(21)5-4-11(17-20)14-16-12(18-22-14)7-10-8-15-9-19(10)2/h4-5,8-9H,3,6-7H2,1-2H3.